The first-order valence-electron chi connectivity index (χ1n) is 11.8. The molecule has 0 radical (unpaired) electrons. The van der Waals surface area contributed by atoms with E-state index < -0.39 is 6.04 Å². The second kappa shape index (κ2) is 11.6. The fourth-order valence-corrected chi connectivity index (χ4v) is 4.95. The van der Waals surface area contributed by atoms with Crippen LogP contribution in [-0.2, 0) is 9.59 Å². The zero-order valence-corrected chi connectivity index (χ0v) is 19.6. The van der Waals surface area contributed by atoms with Crippen LogP contribution in [0.5, 0.6) is 0 Å². The van der Waals surface area contributed by atoms with Crippen molar-refractivity contribution < 1.29 is 9.59 Å². The van der Waals surface area contributed by atoms with Gasteiger partial charge in [-0.2, -0.15) is 0 Å². The summed E-state index contributed by atoms with van der Waals surface area (Å²) < 4.78 is 0. The molecule has 4 nitrogen and oxygen atoms in total. The maximum Gasteiger partial charge on any atom is 0.237 e. The van der Waals surface area contributed by atoms with Gasteiger partial charge in [-0.05, 0) is 54.9 Å². The van der Waals surface area contributed by atoms with Crippen molar-refractivity contribution in [1.29, 1.82) is 0 Å². The third kappa shape index (κ3) is 7.23. The molecule has 0 aromatic heterocycles. The molecule has 168 valence electrons. The van der Waals surface area contributed by atoms with Crippen LogP contribution in [-0.4, -0.2) is 17.7 Å². The Morgan fingerprint density at radius 1 is 1.10 bits per heavy atom. The number of rotatable bonds is 10. The molecule has 1 unspecified atom stereocenters. The Bertz CT molecular complexity index is 671. The molecular weight excluding hydrogens is 372 g/mol. The number of carbonyl (C=O) groups excluding carboxylic acids is 2. The van der Waals surface area contributed by atoms with Crippen molar-refractivity contribution in [2.24, 2.45) is 35.3 Å². The van der Waals surface area contributed by atoms with Crippen molar-refractivity contribution >= 4 is 11.7 Å². The molecule has 1 aliphatic rings. The van der Waals surface area contributed by atoms with Gasteiger partial charge in [0, 0.05) is 12.3 Å². The van der Waals surface area contributed by atoms with Gasteiger partial charge in [-0.3, -0.25) is 9.59 Å². The molecule has 0 spiro atoms. The number of ketones is 1. The zero-order valence-electron chi connectivity index (χ0n) is 19.6. The molecular formula is C26H42N2O2. The molecule has 1 aliphatic carbocycles. The summed E-state index contributed by atoms with van der Waals surface area (Å²) in [6, 6.07) is 9.25. The van der Waals surface area contributed by atoms with Gasteiger partial charge in [0.1, 0.15) is 5.78 Å². The van der Waals surface area contributed by atoms with Gasteiger partial charge in [-0.25, -0.2) is 0 Å². The van der Waals surface area contributed by atoms with E-state index in [1.54, 1.807) is 0 Å². The van der Waals surface area contributed by atoms with E-state index in [-0.39, 0.29) is 17.9 Å². The smallest absolute Gasteiger partial charge is 0.237 e. The number of nitrogens with one attached hydrogen (secondary N) is 1. The van der Waals surface area contributed by atoms with Gasteiger partial charge in [0.05, 0.1) is 12.1 Å². The molecule has 1 amide bonds. The van der Waals surface area contributed by atoms with E-state index in [1.807, 2.05) is 30.3 Å². The SMILES string of the molecule is CC(C)CC(N)C(=O)N[C@H](CCC(=O)[C@@H]1C[C@H](C)CC[C@H]1C(C)C)c1ccccc1. The Morgan fingerprint density at radius 3 is 2.37 bits per heavy atom. The summed E-state index contributed by atoms with van der Waals surface area (Å²) in [6.07, 6.45) is 5.16. The molecule has 5 atom stereocenters. The van der Waals surface area contributed by atoms with Crippen molar-refractivity contribution in [2.75, 3.05) is 0 Å². The summed E-state index contributed by atoms with van der Waals surface area (Å²) >= 11 is 0. The van der Waals surface area contributed by atoms with Crippen LogP contribution < -0.4 is 11.1 Å². The summed E-state index contributed by atoms with van der Waals surface area (Å²) in [5.74, 6) is 2.39. The fraction of sp³-hybridized carbons (Fsp3) is 0.692. The largest absolute Gasteiger partial charge is 0.348 e. The molecule has 1 fully saturated rings. The van der Waals surface area contributed by atoms with Crippen LogP contribution >= 0.6 is 0 Å². The van der Waals surface area contributed by atoms with Crippen LogP contribution in [0.3, 0.4) is 0 Å². The second-order valence-corrected chi connectivity index (χ2v) is 10.1. The molecule has 0 aliphatic heterocycles. The first-order chi connectivity index (χ1) is 14.2. The number of hydrogen-bond donors (Lipinski definition) is 2. The minimum Gasteiger partial charge on any atom is -0.348 e. The summed E-state index contributed by atoms with van der Waals surface area (Å²) in [4.78, 5) is 25.9. The topological polar surface area (TPSA) is 72.2 Å². The number of hydrogen-bond acceptors (Lipinski definition) is 3. The van der Waals surface area contributed by atoms with E-state index >= 15 is 0 Å². The predicted molar refractivity (Wildman–Crippen MR) is 124 cm³/mol. The lowest BCUT2D eigenvalue weighted by Gasteiger charge is -2.36. The van der Waals surface area contributed by atoms with E-state index in [2.05, 4.69) is 39.9 Å². The molecule has 1 aromatic rings. The molecule has 3 N–H and O–H groups in total. The van der Waals surface area contributed by atoms with E-state index in [0.29, 0.717) is 48.7 Å². The first kappa shape index (κ1) is 24.6. The highest BCUT2D eigenvalue weighted by atomic mass is 16.2. The average molecular weight is 415 g/mol. The van der Waals surface area contributed by atoms with Crippen LogP contribution in [0.1, 0.15) is 84.7 Å². The van der Waals surface area contributed by atoms with E-state index in [1.165, 1.54) is 6.42 Å². The minimum absolute atomic E-state index is 0.128. The van der Waals surface area contributed by atoms with Crippen molar-refractivity contribution in [2.45, 2.75) is 85.2 Å². The van der Waals surface area contributed by atoms with E-state index in [0.717, 1.165) is 18.4 Å². The fourth-order valence-electron chi connectivity index (χ4n) is 4.95. The van der Waals surface area contributed by atoms with Crippen molar-refractivity contribution in [3.63, 3.8) is 0 Å². The molecule has 4 heteroatoms. The minimum atomic E-state index is -0.517. The lowest BCUT2D eigenvalue weighted by atomic mass is 9.68. The zero-order chi connectivity index (χ0) is 22.3. The lowest BCUT2D eigenvalue weighted by molar-refractivity contribution is -0.128. The summed E-state index contributed by atoms with van der Waals surface area (Å²) in [7, 11) is 0. The van der Waals surface area contributed by atoms with Gasteiger partial charge in [0.25, 0.3) is 0 Å². The Balaban J connectivity index is 2.06. The highest BCUT2D eigenvalue weighted by molar-refractivity contribution is 5.83. The Morgan fingerprint density at radius 2 is 1.77 bits per heavy atom. The maximum absolute atomic E-state index is 13.2. The molecule has 0 heterocycles. The monoisotopic (exact) mass is 414 g/mol. The van der Waals surface area contributed by atoms with Gasteiger partial charge >= 0.3 is 0 Å². The van der Waals surface area contributed by atoms with Crippen LogP contribution in [0.15, 0.2) is 30.3 Å². The van der Waals surface area contributed by atoms with Crippen molar-refractivity contribution in [3.05, 3.63) is 35.9 Å². The van der Waals surface area contributed by atoms with Crippen LogP contribution in [0.2, 0.25) is 0 Å². The number of nitrogens with two attached hydrogens (primary N) is 1. The Labute approximate surface area is 183 Å². The third-order valence-corrected chi connectivity index (χ3v) is 6.70. The van der Waals surface area contributed by atoms with Gasteiger partial charge in [0.15, 0.2) is 0 Å². The normalized spacial score (nSPS) is 23.9. The van der Waals surface area contributed by atoms with Crippen LogP contribution in [0.25, 0.3) is 0 Å². The maximum atomic E-state index is 13.2. The highest BCUT2D eigenvalue weighted by Crippen LogP contribution is 2.39. The van der Waals surface area contributed by atoms with Crippen LogP contribution in [0, 0.1) is 29.6 Å². The summed E-state index contributed by atoms with van der Waals surface area (Å²) in [5.41, 5.74) is 7.14. The van der Waals surface area contributed by atoms with Gasteiger partial charge < -0.3 is 11.1 Å². The predicted octanol–water partition coefficient (Wildman–Crippen LogP) is 5.28. The number of carbonyl (C=O) groups is 2. The molecule has 1 aromatic carbocycles. The van der Waals surface area contributed by atoms with Gasteiger partial charge in [-0.1, -0.05) is 71.4 Å². The van der Waals surface area contributed by atoms with Gasteiger partial charge in [0.2, 0.25) is 5.91 Å². The molecule has 0 saturated heterocycles. The van der Waals surface area contributed by atoms with Crippen molar-refractivity contribution in [1.82, 2.24) is 5.32 Å². The number of benzene rings is 1. The summed E-state index contributed by atoms with van der Waals surface area (Å²) in [6.45, 7) is 10.9. The van der Waals surface area contributed by atoms with Crippen LogP contribution in [0.4, 0.5) is 0 Å². The van der Waals surface area contributed by atoms with Gasteiger partial charge in [-0.15, -0.1) is 0 Å². The average Bonchev–Trinajstić information content (AvgIpc) is 2.70. The second-order valence-electron chi connectivity index (χ2n) is 10.1. The standard InChI is InChI=1S/C26H42N2O2/c1-17(2)15-23(27)26(30)28-24(20-9-7-6-8-10-20)13-14-25(29)22-16-19(5)11-12-21(22)18(3)4/h6-10,17-19,21-24H,11-16,27H2,1-5H3,(H,28,30)/t19-,21+,22-,23?,24-/m1/s1. The lowest BCUT2D eigenvalue weighted by Crippen LogP contribution is -2.43. The Kier molecular flexibility index (Phi) is 9.54. The van der Waals surface area contributed by atoms with Crippen molar-refractivity contribution in [3.8, 4) is 0 Å². The Hall–Kier alpha value is -1.68. The quantitative estimate of drug-likeness (QED) is 0.547. The summed E-state index contributed by atoms with van der Waals surface area (Å²) in [5, 5.41) is 3.12. The third-order valence-electron chi connectivity index (χ3n) is 6.70. The molecule has 1 saturated carbocycles. The molecule has 2 rings (SSSR count). The highest BCUT2D eigenvalue weighted by Gasteiger charge is 2.35. The van der Waals surface area contributed by atoms with E-state index in [4.69, 9.17) is 5.73 Å². The molecule has 30 heavy (non-hydrogen) atoms. The van der Waals surface area contributed by atoms with E-state index in [9.17, 15) is 9.59 Å². The number of Topliss-reactive ketones (excluding diaryl/α,β-unsaturated/α-hetero) is 1. The molecule has 0 bridgehead atoms. The number of amides is 1. The first-order valence-corrected chi connectivity index (χ1v) is 11.8.